The Labute approximate surface area is 144 Å². The predicted molar refractivity (Wildman–Crippen MR) is 89.9 cm³/mol. The Hall–Kier alpha value is -3.42. The van der Waals surface area contributed by atoms with E-state index in [1.165, 1.54) is 0 Å². The predicted octanol–water partition coefficient (Wildman–Crippen LogP) is 3.79. The van der Waals surface area contributed by atoms with E-state index in [4.69, 9.17) is 0 Å². The number of H-pyrrole nitrogens is 1. The number of rotatable bonds is 2. The van der Waals surface area contributed by atoms with Crippen LogP contribution >= 0.6 is 0 Å². The van der Waals surface area contributed by atoms with Gasteiger partial charge in [0.1, 0.15) is 5.82 Å². The summed E-state index contributed by atoms with van der Waals surface area (Å²) in [5.41, 5.74) is 0.600. The third-order valence-electron chi connectivity index (χ3n) is 3.93. The zero-order valence-corrected chi connectivity index (χ0v) is 13.2. The third-order valence-corrected chi connectivity index (χ3v) is 3.93. The summed E-state index contributed by atoms with van der Waals surface area (Å²) in [6, 6.07) is 13.5. The topological polar surface area (TPSA) is 63.6 Å². The SMILES string of the molecule is O=c1[nH]c(-c2ccc(-n3cc(C(F)(F)F)cn3)cc2)nc2ccccc12. The van der Waals surface area contributed by atoms with Crippen molar-refractivity contribution in [3.63, 3.8) is 0 Å². The Morgan fingerprint density at radius 2 is 1.73 bits per heavy atom. The maximum atomic E-state index is 12.7. The monoisotopic (exact) mass is 356 g/mol. The van der Waals surface area contributed by atoms with Crippen molar-refractivity contribution in [2.75, 3.05) is 0 Å². The second-order valence-electron chi connectivity index (χ2n) is 5.65. The van der Waals surface area contributed by atoms with Crippen LogP contribution in [0.1, 0.15) is 5.56 Å². The molecule has 5 nitrogen and oxygen atoms in total. The number of benzene rings is 2. The molecule has 0 bridgehead atoms. The number of nitrogens with zero attached hydrogens (tertiary/aromatic N) is 3. The smallest absolute Gasteiger partial charge is 0.306 e. The zero-order valence-electron chi connectivity index (χ0n) is 13.2. The lowest BCUT2D eigenvalue weighted by atomic mass is 10.1. The van der Waals surface area contributed by atoms with Gasteiger partial charge in [-0.15, -0.1) is 0 Å². The van der Waals surface area contributed by atoms with Crippen LogP contribution in [-0.2, 0) is 6.18 Å². The van der Waals surface area contributed by atoms with Gasteiger partial charge in [0.05, 0.1) is 28.4 Å². The summed E-state index contributed by atoms with van der Waals surface area (Å²) in [6.45, 7) is 0. The standard InChI is InChI=1S/C18H11F3N4O/c19-18(20,21)12-9-22-25(10-12)13-7-5-11(6-8-13)16-23-15-4-2-1-3-14(15)17(26)24-16/h1-10H,(H,23,24,26). The van der Waals surface area contributed by atoms with Gasteiger partial charge in [-0.2, -0.15) is 18.3 Å². The Morgan fingerprint density at radius 3 is 2.42 bits per heavy atom. The minimum Gasteiger partial charge on any atom is -0.306 e. The number of hydrogen-bond acceptors (Lipinski definition) is 3. The van der Waals surface area contributed by atoms with Gasteiger partial charge >= 0.3 is 6.18 Å². The van der Waals surface area contributed by atoms with Gasteiger partial charge < -0.3 is 4.98 Å². The average molecular weight is 356 g/mol. The highest BCUT2D eigenvalue weighted by Crippen LogP contribution is 2.29. The van der Waals surface area contributed by atoms with Crippen molar-refractivity contribution in [3.05, 3.63) is 76.8 Å². The van der Waals surface area contributed by atoms with Gasteiger partial charge in [-0.25, -0.2) is 9.67 Å². The van der Waals surface area contributed by atoms with Crippen molar-refractivity contribution in [2.45, 2.75) is 6.18 Å². The summed E-state index contributed by atoms with van der Waals surface area (Å²) in [6.07, 6.45) is -2.74. The van der Waals surface area contributed by atoms with Gasteiger partial charge in [0.15, 0.2) is 0 Å². The van der Waals surface area contributed by atoms with Gasteiger partial charge in [-0.05, 0) is 36.4 Å². The van der Waals surface area contributed by atoms with Gasteiger partial charge in [-0.3, -0.25) is 4.79 Å². The highest BCUT2D eigenvalue weighted by atomic mass is 19.4. The molecule has 8 heteroatoms. The van der Waals surface area contributed by atoms with E-state index in [1.807, 2.05) is 0 Å². The van der Waals surface area contributed by atoms with Crippen molar-refractivity contribution in [2.24, 2.45) is 0 Å². The highest BCUT2D eigenvalue weighted by Gasteiger charge is 2.32. The largest absolute Gasteiger partial charge is 0.419 e. The lowest BCUT2D eigenvalue weighted by Gasteiger charge is -2.06. The minimum atomic E-state index is -4.44. The molecule has 26 heavy (non-hydrogen) atoms. The average Bonchev–Trinajstić information content (AvgIpc) is 3.12. The van der Waals surface area contributed by atoms with Crippen LogP contribution in [0.15, 0.2) is 65.7 Å². The Morgan fingerprint density at radius 1 is 1.00 bits per heavy atom. The van der Waals surface area contributed by atoms with E-state index in [1.54, 1.807) is 48.5 Å². The summed E-state index contributed by atoms with van der Waals surface area (Å²) >= 11 is 0. The van der Waals surface area contributed by atoms with Gasteiger partial charge in [0.2, 0.25) is 0 Å². The summed E-state index contributed by atoms with van der Waals surface area (Å²) in [5, 5.41) is 4.22. The second-order valence-corrected chi connectivity index (χ2v) is 5.65. The zero-order chi connectivity index (χ0) is 18.3. The van der Waals surface area contributed by atoms with Crippen molar-refractivity contribution < 1.29 is 13.2 Å². The Bertz CT molecular complexity index is 1140. The fourth-order valence-corrected chi connectivity index (χ4v) is 2.61. The molecule has 4 aromatic rings. The second kappa shape index (κ2) is 5.83. The molecule has 0 atom stereocenters. The molecule has 2 aromatic carbocycles. The van der Waals surface area contributed by atoms with Crippen molar-refractivity contribution in [1.82, 2.24) is 19.7 Å². The summed E-state index contributed by atoms with van der Waals surface area (Å²) in [5.74, 6) is 0.386. The molecule has 0 aliphatic heterocycles. The van der Waals surface area contributed by atoms with Crippen LogP contribution in [0.2, 0.25) is 0 Å². The van der Waals surface area contributed by atoms with Crippen LogP contribution in [0, 0.1) is 0 Å². The number of hydrogen-bond donors (Lipinski definition) is 1. The summed E-state index contributed by atoms with van der Waals surface area (Å²) < 4.78 is 39.2. The van der Waals surface area contributed by atoms with Crippen LogP contribution in [0.5, 0.6) is 0 Å². The Kier molecular flexibility index (Phi) is 3.61. The number of aromatic nitrogens is 4. The lowest BCUT2D eigenvalue weighted by Crippen LogP contribution is -2.09. The number of nitrogens with one attached hydrogen (secondary N) is 1. The van der Waals surface area contributed by atoms with Gasteiger partial charge in [0.25, 0.3) is 5.56 Å². The van der Waals surface area contributed by atoms with E-state index < -0.39 is 11.7 Å². The van der Waals surface area contributed by atoms with E-state index in [0.717, 1.165) is 17.1 Å². The number of para-hydroxylation sites is 1. The molecule has 2 aromatic heterocycles. The first-order valence-corrected chi connectivity index (χ1v) is 7.63. The van der Waals surface area contributed by atoms with E-state index in [2.05, 4.69) is 15.1 Å². The van der Waals surface area contributed by atoms with Crippen LogP contribution < -0.4 is 5.56 Å². The van der Waals surface area contributed by atoms with Crippen molar-refractivity contribution in [3.8, 4) is 17.1 Å². The number of fused-ring (bicyclic) bond motifs is 1. The molecule has 0 fully saturated rings. The summed E-state index contributed by atoms with van der Waals surface area (Å²) in [7, 11) is 0. The first-order chi connectivity index (χ1) is 12.4. The molecule has 0 radical (unpaired) electrons. The molecule has 130 valence electrons. The van der Waals surface area contributed by atoms with Gasteiger partial charge in [0, 0.05) is 11.8 Å². The summed E-state index contributed by atoms with van der Waals surface area (Å²) in [4.78, 5) is 19.3. The molecule has 0 saturated carbocycles. The van der Waals surface area contributed by atoms with Crippen LogP contribution in [0.4, 0.5) is 13.2 Å². The fraction of sp³-hybridized carbons (Fsp3) is 0.0556. The fourth-order valence-electron chi connectivity index (χ4n) is 2.61. The number of alkyl halides is 3. The van der Waals surface area contributed by atoms with Crippen molar-refractivity contribution in [1.29, 1.82) is 0 Å². The molecule has 0 amide bonds. The molecule has 0 spiro atoms. The molecule has 0 unspecified atom stereocenters. The minimum absolute atomic E-state index is 0.253. The van der Waals surface area contributed by atoms with Gasteiger partial charge in [-0.1, -0.05) is 12.1 Å². The molecular formula is C18H11F3N4O. The molecule has 4 rings (SSSR count). The maximum absolute atomic E-state index is 12.7. The molecule has 1 N–H and O–H groups in total. The van der Waals surface area contributed by atoms with E-state index in [0.29, 0.717) is 28.0 Å². The normalized spacial score (nSPS) is 11.8. The number of halogens is 3. The lowest BCUT2D eigenvalue weighted by molar-refractivity contribution is -0.137. The Balaban J connectivity index is 1.70. The van der Waals surface area contributed by atoms with E-state index in [9.17, 15) is 18.0 Å². The van der Waals surface area contributed by atoms with E-state index in [-0.39, 0.29) is 5.56 Å². The molecule has 2 heterocycles. The highest BCUT2D eigenvalue weighted by molar-refractivity contribution is 5.79. The molecule has 0 aliphatic carbocycles. The van der Waals surface area contributed by atoms with Crippen LogP contribution in [-0.4, -0.2) is 19.7 Å². The maximum Gasteiger partial charge on any atom is 0.419 e. The van der Waals surface area contributed by atoms with Crippen LogP contribution in [0.25, 0.3) is 28.0 Å². The first-order valence-electron chi connectivity index (χ1n) is 7.63. The quantitative estimate of drug-likeness (QED) is 0.594. The molecule has 0 aliphatic rings. The van der Waals surface area contributed by atoms with Crippen LogP contribution in [0.3, 0.4) is 0 Å². The number of aromatic amines is 1. The van der Waals surface area contributed by atoms with Crippen molar-refractivity contribution >= 4 is 10.9 Å². The molecular weight excluding hydrogens is 345 g/mol. The van der Waals surface area contributed by atoms with E-state index >= 15 is 0 Å². The third kappa shape index (κ3) is 2.85. The molecule has 0 saturated heterocycles. The first kappa shape index (κ1) is 16.1.